The van der Waals surface area contributed by atoms with Crippen LogP contribution in [0.4, 0.5) is 0 Å². The maximum Gasteiger partial charge on any atom is 0.321 e. The van der Waals surface area contributed by atoms with Gasteiger partial charge in [0.05, 0.1) is 13.0 Å². The maximum absolute atomic E-state index is 10.6. The summed E-state index contributed by atoms with van der Waals surface area (Å²) in [6.07, 6.45) is 4.45. The lowest BCUT2D eigenvalue weighted by atomic mass is 10.1. The highest BCUT2D eigenvalue weighted by Crippen LogP contribution is 2.18. The number of carbonyl (C=O) groups excluding carboxylic acids is 2. The lowest BCUT2D eigenvalue weighted by Crippen LogP contribution is -2.34. The number of benzene rings is 1. The van der Waals surface area contributed by atoms with Crippen molar-refractivity contribution in [1.82, 2.24) is 4.98 Å². The van der Waals surface area contributed by atoms with E-state index in [-0.39, 0.29) is 25.8 Å². The number of carbonyl (C=O) groups is 7. The Bertz CT molecular complexity index is 1310. The quantitative estimate of drug-likeness (QED) is 0.0891. The molecule has 0 radical (unpaired) electrons. The number of aromatic nitrogens is 1. The fourth-order valence-electron chi connectivity index (χ4n) is 2.72. The van der Waals surface area contributed by atoms with Gasteiger partial charge in [-0.05, 0) is 36.5 Å². The summed E-state index contributed by atoms with van der Waals surface area (Å²) < 4.78 is 0. The van der Waals surface area contributed by atoms with E-state index in [9.17, 15) is 33.6 Å². The molecule has 0 saturated heterocycles. The summed E-state index contributed by atoms with van der Waals surface area (Å²) in [4.78, 5) is 73.1. The van der Waals surface area contributed by atoms with Crippen molar-refractivity contribution >= 4 is 64.3 Å². The molecule has 2 rings (SSSR count). The molecule has 0 saturated carbocycles. The van der Waals surface area contributed by atoms with Crippen molar-refractivity contribution in [2.24, 2.45) is 40.1 Å². The zero-order valence-electron chi connectivity index (χ0n) is 26.2. The van der Waals surface area contributed by atoms with Gasteiger partial charge in [-0.1, -0.05) is 18.2 Å². The van der Waals surface area contributed by atoms with Crippen LogP contribution in [-0.2, 0) is 40.0 Å². The van der Waals surface area contributed by atoms with E-state index in [0.29, 0.717) is 12.8 Å². The molecule has 0 fully saturated rings. The lowest BCUT2D eigenvalue weighted by molar-refractivity contribution is -0.140. The second kappa shape index (κ2) is 27.3. The van der Waals surface area contributed by atoms with Crippen LogP contribution in [0.1, 0.15) is 31.2 Å². The highest BCUT2D eigenvalue weighted by molar-refractivity contribution is 7.98. The first-order valence-corrected chi connectivity index (χ1v) is 15.1. The summed E-state index contributed by atoms with van der Waals surface area (Å²) in [5.74, 6) is -5.60. The molecule has 0 aliphatic heterocycles. The Morgan fingerprint density at radius 3 is 1.56 bits per heavy atom. The van der Waals surface area contributed by atoms with Crippen molar-refractivity contribution in [1.29, 1.82) is 0 Å². The Balaban J connectivity index is -0.000000551. The van der Waals surface area contributed by atoms with Crippen molar-refractivity contribution in [2.45, 2.75) is 56.3 Å². The second-order valence-electron chi connectivity index (χ2n) is 9.40. The first-order chi connectivity index (χ1) is 22.2. The monoisotopic (exact) mass is 706 g/mol. The van der Waals surface area contributed by atoms with Gasteiger partial charge in [-0.15, -0.1) is 0 Å². The predicted octanol–water partition coefficient (Wildman–Crippen LogP) is -2.76. The van der Waals surface area contributed by atoms with E-state index in [4.69, 9.17) is 54.2 Å². The van der Waals surface area contributed by atoms with Crippen LogP contribution in [0.15, 0.2) is 30.5 Å². The highest BCUT2D eigenvalue weighted by Gasteiger charge is 2.15. The van der Waals surface area contributed by atoms with Crippen LogP contribution in [0.25, 0.3) is 10.9 Å². The average Bonchev–Trinajstić information content (AvgIpc) is 3.41. The average molecular weight is 707 g/mol. The molecule has 1 aromatic carbocycles. The number of aromatic amines is 1. The number of rotatable bonds is 15. The molecule has 20 N–H and O–H groups in total. The molecule has 1 aromatic heterocycles. The molecule has 0 aliphatic carbocycles. The number of carboxylic acid groups (broad SMARTS) is 5. The van der Waals surface area contributed by atoms with Gasteiger partial charge in [-0.2, -0.15) is 11.8 Å². The number of H-pyrrole nitrogens is 1. The van der Waals surface area contributed by atoms with Crippen LogP contribution in [-0.4, -0.2) is 115 Å². The normalized spacial score (nSPS) is 12.2. The van der Waals surface area contributed by atoms with Crippen LogP contribution < -0.4 is 40.1 Å². The second-order valence-corrected chi connectivity index (χ2v) is 10.4. The maximum atomic E-state index is 10.6. The number of hydrogen-bond acceptors (Lipinski definition) is 13. The highest BCUT2D eigenvalue weighted by atomic mass is 32.2. The van der Waals surface area contributed by atoms with Gasteiger partial charge < -0.3 is 70.7 Å². The van der Waals surface area contributed by atoms with Gasteiger partial charge in [0, 0.05) is 29.9 Å². The Hall–Kier alpha value is -4.80. The summed E-state index contributed by atoms with van der Waals surface area (Å²) in [5.41, 5.74) is 36.6. The summed E-state index contributed by atoms with van der Waals surface area (Å²) in [6, 6.07) is 4.09. The van der Waals surface area contributed by atoms with E-state index in [0.717, 1.165) is 22.2 Å². The number of aliphatic carboxylic acids is 5. The minimum atomic E-state index is -1.21. The molecule has 0 aliphatic rings. The van der Waals surface area contributed by atoms with Gasteiger partial charge in [0.15, 0.2) is 0 Å². The number of carboxylic acids is 5. The topological polar surface area (TPSA) is 419 Å². The third kappa shape index (κ3) is 26.4. The van der Waals surface area contributed by atoms with E-state index < -0.39 is 65.8 Å². The smallest absolute Gasteiger partial charge is 0.321 e. The van der Waals surface area contributed by atoms with Crippen molar-refractivity contribution in [2.75, 3.05) is 18.6 Å². The van der Waals surface area contributed by atoms with Gasteiger partial charge in [-0.3, -0.25) is 33.6 Å². The van der Waals surface area contributed by atoms with E-state index in [2.05, 4.69) is 16.5 Å². The Morgan fingerprint density at radius 2 is 1.19 bits per heavy atom. The SMILES string of the molecule is CSCCC(N)C(=O)O.NC(=O)CC(N)C(=O)O.NC(=O)CCC(N)C(=O)O.NC(Cc1c[nH]c2ccccc12)C(=O)O.NCC(=O)O. The molecule has 4 unspecified atom stereocenters. The zero-order valence-corrected chi connectivity index (χ0v) is 27.0. The molecule has 2 aromatic rings. The molecule has 21 heteroatoms. The first-order valence-electron chi connectivity index (χ1n) is 13.7. The number of fused-ring (bicyclic) bond motifs is 1. The van der Waals surface area contributed by atoms with Crippen LogP contribution in [0.3, 0.4) is 0 Å². The minimum absolute atomic E-state index is 0.0213. The Kier molecular flexibility index (Phi) is 27.1. The van der Waals surface area contributed by atoms with Crippen molar-refractivity contribution in [3.63, 3.8) is 0 Å². The largest absolute Gasteiger partial charge is 0.480 e. The molecular weight excluding hydrogens is 660 g/mol. The number of hydrogen-bond donors (Lipinski definition) is 13. The van der Waals surface area contributed by atoms with Crippen LogP contribution in [0, 0.1) is 0 Å². The third-order valence-corrected chi connectivity index (χ3v) is 5.96. The Morgan fingerprint density at radius 1 is 0.729 bits per heavy atom. The molecule has 272 valence electrons. The van der Waals surface area contributed by atoms with Crippen molar-refractivity contribution in [3.8, 4) is 0 Å². The van der Waals surface area contributed by atoms with E-state index in [1.165, 1.54) is 0 Å². The van der Waals surface area contributed by atoms with Gasteiger partial charge >= 0.3 is 29.8 Å². The fourth-order valence-corrected chi connectivity index (χ4v) is 3.21. The summed E-state index contributed by atoms with van der Waals surface area (Å²) in [5, 5.41) is 41.9. The summed E-state index contributed by atoms with van der Waals surface area (Å²) in [6.45, 7) is -0.278. The van der Waals surface area contributed by atoms with E-state index in [1.54, 1.807) is 11.8 Å². The van der Waals surface area contributed by atoms with Crippen molar-refractivity contribution in [3.05, 3.63) is 36.0 Å². The van der Waals surface area contributed by atoms with Crippen LogP contribution in [0.5, 0.6) is 0 Å². The fraction of sp³-hybridized carbons (Fsp3) is 0.444. The number of thioether (sulfide) groups is 1. The summed E-state index contributed by atoms with van der Waals surface area (Å²) in [7, 11) is 0. The third-order valence-electron chi connectivity index (χ3n) is 5.31. The number of nitrogens with two attached hydrogens (primary N) is 7. The molecule has 20 nitrogen and oxygen atoms in total. The number of primary amides is 2. The molecular formula is C27H46N8O12S. The number of nitrogens with one attached hydrogen (secondary N) is 1. The van der Waals surface area contributed by atoms with Crippen LogP contribution >= 0.6 is 11.8 Å². The van der Waals surface area contributed by atoms with Gasteiger partial charge in [0.2, 0.25) is 11.8 Å². The molecule has 1 heterocycles. The standard InChI is InChI=1S/C11H12N2O2.C5H10N2O3.C5H11NO2S.C4H8N2O3.C2H5NO2/c12-9(11(14)15)5-7-6-13-10-4-2-1-3-8(7)10;6-3(5(9)10)1-2-4(7)8;1-9-3-2-4(6)5(7)8;5-2(4(8)9)1-3(6)7;3-1-2(4)5/h1-4,6,9,13H,5,12H2,(H,14,15);3H,1-2,6H2,(H2,7,8)(H,9,10);4H,2-3,6H2,1H3,(H,7,8);2H,1,5H2,(H2,6,7)(H,8,9);1,3H2,(H,4,5). The van der Waals surface area contributed by atoms with E-state index in [1.807, 2.05) is 36.7 Å². The van der Waals surface area contributed by atoms with Gasteiger partial charge in [0.1, 0.15) is 24.2 Å². The minimum Gasteiger partial charge on any atom is -0.480 e. The molecule has 0 spiro atoms. The first kappa shape index (κ1) is 47.6. The van der Waals surface area contributed by atoms with Gasteiger partial charge in [-0.25, -0.2) is 0 Å². The molecule has 48 heavy (non-hydrogen) atoms. The van der Waals surface area contributed by atoms with Crippen molar-refractivity contribution < 1.29 is 59.1 Å². The molecule has 0 bridgehead atoms. The van der Waals surface area contributed by atoms with E-state index >= 15 is 0 Å². The molecule has 4 atom stereocenters. The number of amides is 2. The zero-order chi connectivity index (χ0) is 38.0. The molecule has 2 amide bonds. The lowest BCUT2D eigenvalue weighted by Gasteiger charge is -2.04. The summed E-state index contributed by atoms with van der Waals surface area (Å²) >= 11 is 1.60. The predicted molar refractivity (Wildman–Crippen MR) is 176 cm³/mol. The Labute approximate surface area is 279 Å². The van der Waals surface area contributed by atoms with Crippen LogP contribution in [0.2, 0.25) is 0 Å². The van der Waals surface area contributed by atoms with Gasteiger partial charge in [0.25, 0.3) is 0 Å². The number of para-hydroxylation sites is 1.